The Kier molecular flexibility index (Phi) is 1.33. The number of hydrogen-bond donors (Lipinski definition) is 0. The molecule has 76 valence electrons. The lowest BCUT2D eigenvalue weighted by molar-refractivity contribution is 0.572. The third kappa shape index (κ3) is 0.865. The van der Waals surface area contributed by atoms with Gasteiger partial charge in [0.2, 0.25) is 0 Å². The third-order valence-corrected chi connectivity index (χ3v) is 3.11. The zero-order chi connectivity index (χ0) is 10.5. The molecule has 0 aliphatic rings. The Hall–Kier alpha value is -2.22. The fourth-order valence-corrected chi connectivity index (χ4v) is 2.31. The van der Waals surface area contributed by atoms with Crippen LogP contribution < -0.4 is 0 Å². The van der Waals surface area contributed by atoms with Crippen molar-refractivity contribution in [1.82, 2.24) is 0 Å². The predicted octanol–water partition coefficient (Wildman–Crippen LogP) is 4.33. The zero-order valence-electron chi connectivity index (χ0n) is 8.44. The van der Waals surface area contributed by atoms with Crippen molar-refractivity contribution in [1.29, 1.82) is 0 Å². The molecule has 0 atom stereocenters. The minimum atomic E-state index is 1.13. The van der Waals surface area contributed by atoms with E-state index >= 15 is 0 Å². The van der Waals surface area contributed by atoms with E-state index in [0.717, 1.165) is 21.5 Å². The van der Waals surface area contributed by atoms with Gasteiger partial charge in [0.25, 0.3) is 0 Å². The van der Waals surface area contributed by atoms with Crippen molar-refractivity contribution < 1.29 is 8.83 Å². The Labute approximate surface area is 91.1 Å². The fourth-order valence-electron chi connectivity index (χ4n) is 2.31. The minimum Gasteiger partial charge on any atom is -0.471 e. The lowest BCUT2D eigenvalue weighted by Gasteiger charge is -1.99. The maximum atomic E-state index is 5.24. The molecule has 0 saturated heterocycles. The molecule has 0 N–H and O–H groups in total. The van der Waals surface area contributed by atoms with Crippen molar-refractivity contribution in [2.45, 2.75) is 0 Å². The van der Waals surface area contributed by atoms with Crippen LogP contribution in [-0.2, 0) is 0 Å². The standard InChI is InChI=1S/C14H8O2/c1-3-11-12(13-7-15-5-9(1)13)4-2-10-6-16-8-14(10)11/h1-8H. The monoisotopic (exact) mass is 208 g/mol. The van der Waals surface area contributed by atoms with E-state index in [9.17, 15) is 0 Å². The van der Waals surface area contributed by atoms with Crippen LogP contribution in [0.4, 0.5) is 0 Å². The van der Waals surface area contributed by atoms with Crippen molar-refractivity contribution in [3.05, 3.63) is 49.3 Å². The molecular weight excluding hydrogens is 200 g/mol. The van der Waals surface area contributed by atoms with Gasteiger partial charge in [-0.3, -0.25) is 0 Å². The first-order valence-electron chi connectivity index (χ1n) is 5.17. The summed E-state index contributed by atoms with van der Waals surface area (Å²) in [5.74, 6) is 0. The fraction of sp³-hybridized carbons (Fsp3) is 0. The molecule has 0 aliphatic carbocycles. The SMILES string of the molecule is c1cc2c3cocc3ccc2c2cocc12. The number of fused-ring (bicyclic) bond motifs is 5. The highest BCUT2D eigenvalue weighted by molar-refractivity contribution is 6.16. The van der Waals surface area contributed by atoms with Gasteiger partial charge in [-0.05, 0) is 10.8 Å². The topological polar surface area (TPSA) is 26.3 Å². The van der Waals surface area contributed by atoms with Crippen LogP contribution in [0.1, 0.15) is 0 Å². The molecule has 0 bridgehead atoms. The largest absolute Gasteiger partial charge is 0.471 e. The van der Waals surface area contributed by atoms with Crippen LogP contribution in [-0.4, -0.2) is 0 Å². The van der Waals surface area contributed by atoms with E-state index in [0.29, 0.717) is 0 Å². The summed E-state index contributed by atoms with van der Waals surface area (Å²) in [5.41, 5.74) is 0. The summed E-state index contributed by atoms with van der Waals surface area (Å²) >= 11 is 0. The molecule has 0 saturated carbocycles. The smallest absolute Gasteiger partial charge is 0.0987 e. The predicted molar refractivity (Wildman–Crippen MR) is 63.5 cm³/mol. The molecule has 0 unspecified atom stereocenters. The van der Waals surface area contributed by atoms with Gasteiger partial charge in [0.05, 0.1) is 25.1 Å². The lowest BCUT2D eigenvalue weighted by Crippen LogP contribution is -1.74. The molecule has 0 spiro atoms. The van der Waals surface area contributed by atoms with E-state index in [1.807, 2.05) is 0 Å². The second-order valence-corrected chi connectivity index (χ2v) is 3.98. The van der Waals surface area contributed by atoms with E-state index in [2.05, 4.69) is 24.3 Å². The van der Waals surface area contributed by atoms with E-state index in [1.165, 1.54) is 10.8 Å². The average molecular weight is 208 g/mol. The lowest BCUT2D eigenvalue weighted by atomic mass is 10.0. The van der Waals surface area contributed by atoms with Crippen molar-refractivity contribution in [2.75, 3.05) is 0 Å². The van der Waals surface area contributed by atoms with Crippen molar-refractivity contribution in [2.24, 2.45) is 0 Å². The van der Waals surface area contributed by atoms with Crippen LogP contribution >= 0.6 is 0 Å². The van der Waals surface area contributed by atoms with Crippen LogP contribution in [0.15, 0.2) is 58.2 Å². The van der Waals surface area contributed by atoms with Crippen LogP contribution in [0.2, 0.25) is 0 Å². The Balaban J connectivity index is 2.38. The van der Waals surface area contributed by atoms with Crippen molar-refractivity contribution in [3.8, 4) is 0 Å². The van der Waals surface area contributed by atoms with E-state index in [-0.39, 0.29) is 0 Å². The van der Waals surface area contributed by atoms with Gasteiger partial charge in [0.1, 0.15) is 0 Å². The third-order valence-electron chi connectivity index (χ3n) is 3.11. The highest BCUT2D eigenvalue weighted by atomic mass is 16.3. The number of benzene rings is 2. The second-order valence-electron chi connectivity index (χ2n) is 3.98. The Morgan fingerprint density at radius 1 is 0.500 bits per heavy atom. The van der Waals surface area contributed by atoms with Crippen LogP contribution in [0.25, 0.3) is 32.3 Å². The van der Waals surface area contributed by atoms with E-state index in [4.69, 9.17) is 8.83 Å². The molecule has 4 rings (SSSR count). The molecule has 0 radical (unpaired) electrons. The molecule has 2 aromatic heterocycles. The van der Waals surface area contributed by atoms with Crippen molar-refractivity contribution in [3.63, 3.8) is 0 Å². The van der Waals surface area contributed by atoms with Gasteiger partial charge in [-0.1, -0.05) is 24.3 Å². The van der Waals surface area contributed by atoms with Gasteiger partial charge < -0.3 is 8.83 Å². The minimum absolute atomic E-state index is 1.13. The molecule has 0 aliphatic heterocycles. The highest BCUT2D eigenvalue weighted by Crippen LogP contribution is 2.31. The molecule has 2 heterocycles. The molecule has 16 heavy (non-hydrogen) atoms. The Bertz CT molecular complexity index is 735. The van der Waals surface area contributed by atoms with Gasteiger partial charge in [0, 0.05) is 21.5 Å². The quantitative estimate of drug-likeness (QED) is 0.430. The normalized spacial score (nSPS) is 11.8. The van der Waals surface area contributed by atoms with Gasteiger partial charge in [-0.15, -0.1) is 0 Å². The molecule has 2 aromatic carbocycles. The molecule has 4 aromatic rings. The maximum Gasteiger partial charge on any atom is 0.0987 e. The zero-order valence-corrected chi connectivity index (χ0v) is 8.44. The van der Waals surface area contributed by atoms with Gasteiger partial charge in [-0.25, -0.2) is 0 Å². The summed E-state index contributed by atoms with van der Waals surface area (Å²) in [6, 6.07) is 8.39. The summed E-state index contributed by atoms with van der Waals surface area (Å²) in [6.07, 6.45) is 7.13. The number of furan rings is 2. The molecule has 2 nitrogen and oxygen atoms in total. The first kappa shape index (κ1) is 7.99. The Morgan fingerprint density at radius 3 is 1.50 bits per heavy atom. The number of rotatable bonds is 0. The van der Waals surface area contributed by atoms with Crippen molar-refractivity contribution >= 4 is 32.3 Å². The molecule has 0 amide bonds. The maximum absolute atomic E-state index is 5.24. The van der Waals surface area contributed by atoms with Gasteiger partial charge >= 0.3 is 0 Å². The Morgan fingerprint density at radius 2 is 1.00 bits per heavy atom. The summed E-state index contributed by atoms with van der Waals surface area (Å²) in [4.78, 5) is 0. The number of hydrogen-bond acceptors (Lipinski definition) is 2. The van der Waals surface area contributed by atoms with E-state index in [1.54, 1.807) is 25.1 Å². The highest BCUT2D eigenvalue weighted by Gasteiger charge is 2.06. The van der Waals surface area contributed by atoms with Crippen LogP contribution in [0, 0.1) is 0 Å². The van der Waals surface area contributed by atoms with Gasteiger partial charge in [-0.2, -0.15) is 0 Å². The molecule has 0 fully saturated rings. The molecular formula is C14H8O2. The van der Waals surface area contributed by atoms with Crippen LogP contribution in [0.3, 0.4) is 0 Å². The first-order chi connectivity index (χ1) is 7.93. The second kappa shape index (κ2) is 2.67. The van der Waals surface area contributed by atoms with Gasteiger partial charge in [0.15, 0.2) is 0 Å². The first-order valence-corrected chi connectivity index (χ1v) is 5.17. The van der Waals surface area contributed by atoms with E-state index < -0.39 is 0 Å². The summed E-state index contributed by atoms with van der Waals surface area (Å²) in [7, 11) is 0. The summed E-state index contributed by atoms with van der Waals surface area (Å²) in [6.45, 7) is 0. The average Bonchev–Trinajstić information content (AvgIpc) is 2.96. The summed E-state index contributed by atoms with van der Waals surface area (Å²) in [5, 5.41) is 6.99. The summed E-state index contributed by atoms with van der Waals surface area (Å²) < 4.78 is 10.5. The van der Waals surface area contributed by atoms with Crippen LogP contribution in [0.5, 0.6) is 0 Å². The molecule has 2 heteroatoms.